The van der Waals surface area contributed by atoms with Crippen LogP contribution in [-0.4, -0.2) is 15.9 Å². The minimum absolute atomic E-state index is 0.105. The molecule has 20 heavy (non-hydrogen) atoms. The van der Waals surface area contributed by atoms with E-state index in [-0.39, 0.29) is 11.8 Å². The van der Waals surface area contributed by atoms with E-state index in [1.807, 2.05) is 0 Å². The van der Waals surface area contributed by atoms with E-state index >= 15 is 0 Å². The van der Waals surface area contributed by atoms with Crippen molar-refractivity contribution in [2.75, 3.05) is 0 Å². The van der Waals surface area contributed by atoms with Crippen LogP contribution in [0.5, 0.6) is 0 Å². The highest BCUT2D eigenvalue weighted by atomic mass is 16.1. The van der Waals surface area contributed by atoms with Crippen molar-refractivity contribution in [1.29, 1.82) is 0 Å². The summed E-state index contributed by atoms with van der Waals surface area (Å²) in [5, 5.41) is 2.97. The van der Waals surface area contributed by atoms with Crippen LogP contribution in [0.3, 0.4) is 0 Å². The quantitative estimate of drug-likeness (QED) is 0.858. The molecule has 0 spiro atoms. The highest BCUT2D eigenvalue weighted by Crippen LogP contribution is 2.22. The fourth-order valence-corrected chi connectivity index (χ4v) is 3.07. The van der Waals surface area contributed by atoms with Crippen LogP contribution in [0.4, 0.5) is 0 Å². The van der Waals surface area contributed by atoms with Crippen molar-refractivity contribution in [1.82, 2.24) is 15.3 Å². The second-order valence-corrected chi connectivity index (χ2v) is 5.72. The molecule has 1 aromatic rings. The first kappa shape index (κ1) is 13.3. The predicted octanol–water partition coefficient (Wildman–Crippen LogP) is 2.25. The monoisotopic (exact) mass is 271 g/mol. The molecule has 0 aromatic carbocycles. The van der Waals surface area contributed by atoms with Crippen LogP contribution >= 0.6 is 0 Å². The molecule has 0 atom stereocenters. The third kappa shape index (κ3) is 2.74. The molecular formula is C16H21N3O. The summed E-state index contributed by atoms with van der Waals surface area (Å²) >= 11 is 0. The lowest BCUT2D eigenvalue weighted by molar-refractivity contribution is -0.124. The molecular weight excluding hydrogens is 250 g/mol. The molecule has 0 saturated carbocycles. The smallest absolute Gasteiger partial charge is 0.224 e. The number of nitrogens with one attached hydrogen (secondary N) is 1. The lowest BCUT2D eigenvalue weighted by Gasteiger charge is -2.18. The van der Waals surface area contributed by atoms with Gasteiger partial charge in [-0.1, -0.05) is 12.2 Å². The van der Waals surface area contributed by atoms with E-state index in [1.165, 1.54) is 24.1 Å². The van der Waals surface area contributed by atoms with Crippen molar-refractivity contribution in [3.05, 3.63) is 34.9 Å². The Bertz CT molecular complexity index is 543. The number of carbonyl (C=O) groups is 1. The van der Waals surface area contributed by atoms with E-state index in [2.05, 4.69) is 34.4 Å². The number of aryl methyl sites for hydroxylation is 2. The van der Waals surface area contributed by atoms with Crippen LogP contribution in [0.1, 0.15) is 48.5 Å². The molecule has 0 aliphatic heterocycles. The summed E-state index contributed by atoms with van der Waals surface area (Å²) < 4.78 is 0. The Balaban J connectivity index is 1.65. The largest absolute Gasteiger partial charge is 0.349 e. The lowest BCUT2D eigenvalue weighted by Crippen LogP contribution is -2.30. The zero-order valence-electron chi connectivity index (χ0n) is 12.0. The average molecular weight is 271 g/mol. The molecule has 1 aromatic heterocycles. The van der Waals surface area contributed by atoms with Crippen molar-refractivity contribution in [3.63, 3.8) is 0 Å². The zero-order chi connectivity index (χ0) is 13.9. The van der Waals surface area contributed by atoms with E-state index in [0.29, 0.717) is 6.54 Å². The number of amides is 1. The first-order chi connectivity index (χ1) is 9.74. The maximum Gasteiger partial charge on any atom is 0.224 e. The summed E-state index contributed by atoms with van der Waals surface area (Å²) in [4.78, 5) is 21.2. The Morgan fingerprint density at radius 1 is 1.25 bits per heavy atom. The van der Waals surface area contributed by atoms with Gasteiger partial charge in [0.05, 0.1) is 6.54 Å². The number of hydrogen-bond donors (Lipinski definition) is 1. The molecule has 106 valence electrons. The summed E-state index contributed by atoms with van der Waals surface area (Å²) in [5.74, 6) is 0.977. The van der Waals surface area contributed by atoms with Crippen molar-refractivity contribution in [3.8, 4) is 0 Å². The molecule has 1 amide bonds. The van der Waals surface area contributed by atoms with Gasteiger partial charge in [-0.25, -0.2) is 9.97 Å². The number of aromatic nitrogens is 2. The molecule has 1 heterocycles. The highest BCUT2D eigenvalue weighted by Gasteiger charge is 2.20. The van der Waals surface area contributed by atoms with Gasteiger partial charge in [-0.3, -0.25) is 4.79 Å². The predicted molar refractivity (Wildman–Crippen MR) is 77.1 cm³/mol. The van der Waals surface area contributed by atoms with Crippen LogP contribution in [0, 0.1) is 12.8 Å². The molecule has 2 aliphatic rings. The van der Waals surface area contributed by atoms with Crippen molar-refractivity contribution < 1.29 is 4.79 Å². The zero-order valence-corrected chi connectivity index (χ0v) is 12.0. The third-order valence-electron chi connectivity index (χ3n) is 4.24. The maximum absolute atomic E-state index is 12.0. The Hall–Kier alpha value is -1.71. The minimum atomic E-state index is 0.105. The Kier molecular flexibility index (Phi) is 3.81. The number of nitrogens with zero attached hydrogens (tertiary/aromatic N) is 2. The number of fused-ring (bicyclic) bond motifs is 1. The van der Waals surface area contributed by atoms with E-state index in [1.54, 1.807) is 0 Å². The normalized spacial score (nSPS) is 18.1. The van der Waals surface area contributed by atoms with Crippen LogP contribution in [0.2, 0.25) is 0 Å². The van der Waals surface area contributed by atoms with Gasteiger partial charge in [0.25, 0.3) is 0 Å². The maximum atomic E-state index is 12.0. The van der Waals surface area contributed by atoms with E-state index in [9.17, 15) is 4.79 Å². The van der Waals surface area contributed by atoms with Crippen molar-refractivity contribution >= 4 is 5.91 Å². The van der Waals surface area contributed by atoms with Gasteiger partial charge in [0.15, 0.2) is 0 Å². The standard InChI is InChI=1S/C16H21N3O/c1-11-13-8-4-5-9-14(13)19-15(18-11)10-17-16(20)12-6-2-3-7-12/h2-3,12H,4-10H2,1H3,(H,17,20). The fraction of sp³-hybridized carbons (Fsp3) is 0.562. The molecule has 0 fully saturated rings. The van der Waals surface area contributed by atoms with Gasteiger partial charge >= 0.3 is 0 Å². The molecule has 2 aliphatic carbocycles. The topological polar surface area (TPSA) is 54.9 Å². The molecule has 0 radical (unpaired) electrons. The molecule has 0 saturated heterocycles. The van der Waals surface area contributed by atoms with Gasteiger partial charge < -0.3 is 5.32 Å². The first-order valence-corrected chi connectivity index (χ1v) is 7.52. The second-order valence-electron chi connectivity index (χ2n) is 5.72. The second kappa shape index (κ2) is 5.73. The SMILES string of the molecule is Cc1nc(CNC(=O)C2CC=CC2)nc2c1CCCC2. The van der Waals surface area contributed by atoms with Crippen LogP contribution in [0.25, 0.3) is 0 Å². The molecule has 4 nitrogen and oxygen atoms in total. The van der Waals surface area contributed by atoms with Crippen LogP contribution in [-0.2, 0) is 24.2 Å². The summed E-state index contributed by atoms with van der Waals surface area (Å²) in [6, 6.07) is 0. The molecule has 1 N–H and O–H groups in total. The fourth-order valence-electron chi connectivity index (χ4n) is 3.07. The van der Waals surface area contributed by atoms with Gasteiger partial charge in [-0.15, -0.1) is 0 Å². The van der Waals surface area contributed by atoms with Crippen molar-refractivity contribution in [2.45, 2.75) is 52.0 Å². The summed E-state index contributed by atoms with van der Waals surface area (Å²) in [6.07, 6.45) is 10.5. The number of allylic oxidation sites excluding steroid dienone is 2. The lowest BCUT2D eigenvalue weighted by atomic mass is 9.95. The molecule has 0 bridgehead atoms. The van der Waals surface area contributed by atoms with Gasteiger partial charge in [-0.05, 0) is 51.0 Å². The number of carbonyl (C=O) groups excluding carboxylic acids is 1. The Morgan fingerprint density at radius 3 is 2.80 bits per heavy atom. The van der Waals surface area contributed by atoms with E-state index < -0.39 is 0 Å². The molecule has 3 rings (SSSR count). The molecule has 0 unspecified atom stereocenters. The Morgan fingerprint density at radius 2 is 2.00 bits per heavy atom. The molecule has 4 heteroatoms. The summed E-state index contributed by atoms with van der Waals surface area (Å²) in [6.45, 7) is 2.50. The number of rotatable bonds is 3. The van der Waals surface area contributed by atoms with Gasteiger partial charge in [-0.2, -0.15) is 0 Å². The minimum Gasteiger partial charge on any atom is -0.349 e. The Labute approximate surface area is 119 Å². The third-order valence-corrected chi connectivity index (χ3v) is 4.24. The summed E-state index contributed by atoms with van der Waals surface area (Å²) in [5.41, 5.74) is 3.60. The van der Waals surface area contributed by atoms with E-state index in [0.717, 1.165) is 37.2 Å². The van der Waals surface area contributed by atoms with Crippen LogP contribution < -0.4 is 5.32 Å². The van der Waals surface area contributed by atoms with Gasteiger partial charge in [0, 0.05) is 17.3 Å². The number of hydrogen-bond acceptors (Lipinski definition) is 3. The van der Waals surface area contributed by atoms with Crippen molar-refractivity contribution in [2.24, 2.45) is 5.92 Å². The first-order valence-electron chi connectivity index (χ1n) is 7.52. The van der Waals surface area contributed by atoms with Gasteiger partial charge in [0.2, 0.25) is 5.91 Å². The summed E-state index contributed by atoms with van der Waals surface area (Å²) in [7, 11) is 0. The van der Waals surface area contributed by atoms with E-state index in [4.69, 9.17) is 0 Å². The average Bonchev–Trinajstić information content (AvgIpc) is 2.99. The van der Waals surface area contributed by atoms with Gasteiger partial charge in [0.1, 0.15) is 5.82 Å². The van der Waals surface area contributed by atoms with Crippen LogP contribution in [0.15, 0.2) is 12.2 Å². The highest BCUT2D eigenvalue weighted by molar-refractivity contribution is 5.79.